The van der Waals surface area contributed by atoms with Gasteiger partial charge in [0.15, 0.2) is 0 Å². The van der Waals surface area contributed by atoms with E-state index in [9.17, 15) is 0 Å². The Labute approximate surface area is 71.2 Å². The van der Waals surface area contributed by atoms with Crippen molar-refractivity contribution < 1.29 is 3.79 Å². The normalized spacial score (nSPS) is 9.40. The molecule has 0 unspecified atom stereocenters. The fraction of sp³-hybridized carbons (Fsp3) is 1.00. The van der Waals surface area contributed by atoms with Crippen LogP contribution in [0.15, 0.2) is 0 Å². The van der Waals surface area contributed by atoms with Crippen LogP contribution >= 0.6 is 0 Å². The van der Waals surface area contributed by atoms with Crippen LogP contribution in [-0.2, 0) is 3.79 Å². The van der Waals surface area contributed by atoms with Gasteiger partial charge in [0.1, 0.15) is 0 Å². The zero-order valence-corrected chi connectivity index (χ0v) is 8.38. The van der Waals surface area contributed by atoms with Gasteiger partial charge in [0.2, 0.25) is 0 Å². The SMILES string of the molecule is CCCCCC[O][Al+][CH2]C. The van der Waals surface area contributed by atoms with Crippen molar-refractivity contribution in [2.45, 2.75) is 44.8 Å². The first-order valence-corrected chi connectivity index (χ1v) is 5.63. The molecule has 0 spiro atoms. The summed E-state index contributed by atoms with van der Waals surface area (Å²) in [7, 11) is 0. The van der Waals surface area contributed by atoms with E-state index in [0.29, 0.717) is 15.6 Å². The standard InChI is InChI=1S/C6H13O.C2H5.Al/c1-2-3-4-5-6-7;1-2;/h2-6H2,1H3;1H2,2H3;/q-1;;+2. The zero-order chi connectivity index (χ0) is 7.66. The van der Waals surface area contributed by atoms with Crippen LogP contribution in [0.3, 0.4) is 0 Å². The molecule has 0 saturated carbocycles. The van der Waals surface area contributed by atoms with E-state index in [1.54, 1.807) is 0 Å². The maximum atomic E-state index is 5.41. The van der Waals surface area contributed by atoms with E-state index in [4.69, 9.17) is 3.79 Å². The molecule has 0 rings (SSSR count). The summed E-state index contributed by atoms with van der Waals surface area (Å²) in [6.07, 6.45) is 5.30. The second-order valence-corrected chi connectivity index (χ2v) is 3.99. The summed E-state index contributed by atoms with van der Waals surface area (Å²) in [5.41, 5.74) is 0. The molecule has 0 amide bonds. The molecule has 2 heteroatoms. The van der Waals surface area contributed by atoms with Crippen LogP contribution in [0.2, 0.25) is 5.28 Å². The first-order chi connectivity index (χ1) is 4.91. The monoisotopic (exact) mass is 157 g/mol. The van der Waals surface area contributed by atoms with E-state index in [2.05, 4.69) is 13.8 Å². The van der Waals surface area contributed by atoms with E-state index < -0.39 is 0 Å². The summed E-state index contributed by atoms with van der Waals surface area (Å²) in [5.74, 6) is 0. The molecule has 0 atom stereocenters. The van der Waals surface area contributed by atoms with E-state index in [1.807, 2.05) is 0 Å². The van der Waals surface area contributed by atoms with Crippen LogP contribution in [0, 0.1) is 0 Å². The predicted octanol–water partition coefficient (Wildman–Crippen LogP) is 2.64. The van der Waals surface area contributed by atoms with Gasteiger partial charge in [0.25, 0.3) is 0 Å². The Morgan fingerprint density at radius 3 is 2.50 bits per heavy atom. The van der Waals surface area contributed by atoms with Crippen LogP contribution < -0.4 is 0 Å². The van der Waals surface area contributed by atoms with Crippen LogP contribution in [0.1, 0.15) is 39.5 Å². The molecule has 0 aromatic carbocycles. The Morgan fingerprint density at radius 2 is 1.90 bits per heavy atom. The number of hydrogen-bond acceptors (Lipinski definition) is 1. The van der Waals surface area contributed by atoms with Gasteiger partial charge >= 0.3 is 70.8 Å². The fourth-order valence-corrected chi connectivity index (χ4v) is 1.38. The molecule has 58 valence electrons. The first-order valence-electron chi connectivity index (χ1n) is 4.35. The molecule has 0 radical (unpaired) electrons. The molecular formula is C8H18AlO+. The van der Waals surface area contributed by atoms with Crippen molar-refractivity contribution in [1.82, 2.24) is 0 Å². The van der Waals surface area contributed by atoms with Crippen molar-refractivity contribution in [1.29, 1.82) is 0 Å². The van der Waals surface area contributed by atoms with Crippen molar-refractivity contribution in [3.05, 3.63) is 0 Å². The van der Waals surface area contributed by atoms with Crippen molar-refractivity contribution >= 4 is 15.6 Å². The topological polar surface area (TPSA) is 9.23 Å². The Bertz CT molecular complexity index is 49.2. The molecule has 0 N–H and O–H groups in total. The van der Waals surface area contributed by atoms with Gasteiger partial charge in [0, 0.05) is 0 Å². The van der Waals surface area contributed by atoms with Gasteiger partial charge < -0.3 is 0 Å². The van der Waals surface area contributed by atoms with Gasteiger partial charge in [-0.05, 0) is 0 Å². The third kappa shape index (κ3) is 8.49. The van der Waals surface area contributed by atoms with Crippen molar-refractivity contribution in [2.24, 2.45) is 0 Å². The van der Waals surface area contributed by atoms with E-state index >= 15 is 0 Å². The fourth-order valence-electron chi connectivity index (χ4n) is 0.813. The van der Waals surface area contributed by atoms with Gasteiger partial charge in [-0.2, -0.15) is 0 Å². The Kier molecular flexibility index (Phi) is 9.96. The third-order valence-corrected chi connectivity index (χ3v) is 2.20. The first kappa shape index (κ1) is 10.5. The predicted molar refractivity (Wildman–Crippen MR) is 46.3 cm³/mol. The van der Waals surface area contributed by atoms with Crippen LogP contribution in [0.25, 0.3) is 0 Å². The number of rotatable bonds is 7. The van der Waals surface area contributed by atoms with Gasteiger partial charge in [-0.1, -0.05) is 0 Å². The molecule has 10 heavy (non-hydrogen) atoms. The molecule has 0 aromatic heterocycles. The molecular weight excluding hydrogens is 139 g/mol. The average molecular weight is 157 g/mol. The molecule has 0 saturated heterocycles. The summed E-state index contributed by atoms with van der Waals surface area (Å²) in [6, 6.07) is 0. The van der Waals surface area contributed by atoms with Crippen LogP contribution in [-0.4, -0.2) is 22.2 Å². The minimum absolute atomic E-state index is 0.307. The maximum absolute atomic E-state index is 5.41. The minimum atomic E-state index is 0.307. The molecule has 0 aliphatic rings. The van der Waals surface area contributed by atoms with Gasteiger partial charge in [0.05, 0.1) is 0 Å². The second kappa shape index (κ2) is 9.49. The average Bonchev–Trinajstić information content (AvgIpc) is 1.97. The van der Waals surface area contributed by atoms with E-state index in [-0.39, 0.29) is 0 Å². The molecule has 0 aliphatic carbocycles. The quantitative estimate of drug-likeness (QED) is 0.408. The van der Waals surface area contributed by atoms with Crippen molar-refractivity contribution in [2.75, 3.05) is 6.61 Å². The third-order valence-electron chi connectivity index (χ3n) is 1.40. The van der Waals surface area contributed by atoms with Crippen LogP contribution in [0.5, 0.6) is 0 Å². The van der Waals surface area contributed by atoms with Gasteiger partial charge in [-0.3, -0.25) is 0 Å². The molecule has 0 fully saturated rings. The van der Waals surface area contributed by atoms with E-state index in [0.717, 1.165) is 6.61 Å². The molecule has 0 bridgehead atoms. The van der Waals surface area contributed by atoms with Crippen molar-refractivity contribution in [3.8, 4) is 0 Å². The summed E-state index contributed by atoms with van der Waals surface area (Å²) in [6.45, 7) is 5.42. The Balaban J connectivity index is 2.65. The Hall–Kier alpha value is 0.492. The summed E-state index contributed by atoms with van der Waals surface area (Å²) < 4.78 is 5.41. The Morgan fingerprint density at radius 1 is 1.10 bits per heavy atom. The summed E-state index contributed by atoms with van der Waals surface area (Å²) >= 11 is 0.307. The number of unbranched alkanes of at least 4 members (excludes halogenated alkanes) is 3. The summed E-state index contributed by atoms with van der Waals surface area (Å²) in [4.78, 5) is 0. The second-order valence-electron chi connectivity index (χ2n) is 2.51. The zero-order valence-electron chi connectivity index (χ0n) is 7.23. The van der Waals surface area contributed by atoms with Crippen LogP contribution in [0.4, 0.5) is 0 Å². The van der Waals surface area contributed by atoms with Gasteiger partial charge in [-0.15, -0.1) is 0 Å². The molecule has 0 aliphatic heterocycles. The molecule has 0 aromatic rings. The van der Waals surface area contributed by atoms with Gasteiger partial charge in [-0.25, -0.2) is 0 Å². The summed E-state index contributed by atoms with van der Waals surface area (Å²) in [5, 5.41) is 1.23. The number of hydrogen-bond donors (Lipinski definition) is 0. The van der Waals surface area contributed by atoms with Crippen molar-refractivity contribution in [3.63, 3.8) is 0 Å². The van der Waals surface area contributed by atoms with E-state index in [1.165, 1.54) is 31.0 Å². The molecule has 0 heterocycles. The molecule has 1 nitrogen and oxygen atoms in total.